The van der Waals surface area contributed by atoms with E-state index < -0.39 is 0 Å². The van der Waals surface area contributed by atoms with Gasteiger partial charge >= 0.3 is 0 Å². The Bertz CT molecular complexity index is 418. The van der Waals surface area contributed by atoms with Gasteiger partial charge in [-0.2, -0.15) is 0 Å². The van der Waals surface area contributed by atoms with E-state index in [1.54, 1.807) is 6.07 Å². The molecule has 1 N–H and O–H groups in total. The highest BCUT2D eigenvalue weighted by Crippen LogP contribution is 2.37. The van der Waals surface area contributed by atoms with Crippen LogP contribution in [0.5, 0.6) is 0 Å². The number of hydrogen-bond donors (Lipinski definition) is 1. The van der Waals surface area contributed by atoms with Gasteiger partial charge in [0.15, 0.2) is 0 Å². The molecule has 2 rings (SSSR count). The standard InChI is InChI=1S/C15H22FN/c1-15(2,3)14-11-6-5-7-13(17-4)10(11)8-9-12(14)16/h8-9,13,17H,5-7H2,1-4H3. The van der Waals surface area contributed by atoms with Crippen LogP contribution in [0.3, 0.4) is 0 Å². The Balaban J connectivity index is 2.60. The number of hydrogen-bond acceptors (Lipinski definition) is 1. The summed E-state index contributed by atoms with van der Waals surface area (Å²) in [6, 6.07) is 3.98. The van der Waals surface area contributed by atoms with Crippen LogP contribution in [0.15, 0.2) is 12.1 Å². The van der Waals surface area contributed by atoms with Crippen molar-refractivity contribution in [1.82, 2.24) is 5.32 Å². The van der Waals surface area contributed by atoms with Crippen molar-refractivity contribution in [1.29, 1.82) is 0 Å². The van der Waals surface area contributed by atoms with Gasteiger partial charge in [-0.25, -0.2) is 4.39 Å². The van der Waals surface area contributed by atoms with E-state index in [9.17, 15) is 4.39 Å². The molecule has 1 unspecified atom stereocenters. The Kier molecular flexibility index (Phi) is 3.26. The topological polar surface area (TPSA) is 12.0 Å². The van der Waals surface area contributed by atoms with Crippen LogP contribution in [0, 0.1) is 5.82 Å². The molecule has 1 aliphatic rings. The van der Waals surface area contributed by atoms with Crippen LogP contribution < -0.4 is 5.32 Å². The van der Waals surface area contributed by atoms with E-state index >= 15 is 0 Å². The summed E-state index contributed by atoms with van der Waals surface area (Å²) in [6.07, 6.45) is 3.31. The molecule has 0 heterocycles. The summed E-state index contributed by atoms with van der Waals surface area (Å²) in [5.74, 6) is -0.0481. The maximum Gasteiger partial charge on any atom is 0.127 e. The van der Waals surface area contributed by atoms with Gasteiger partial charge < -0.3 is 5.32 Å². The van der Waals surface area contributed by atoms with Crippen molar-refractivity contribution in [3.05, 3.63) is 34.6 Å². The molecule has 0 aliphatic heterocycles. The predicted octanol–water partition coefficient (Wildman–Crippen LogP) is 3.72. The highest BCUT2D eigenvalue weighted by molar-refractivity contribution is 5.43. The Morgan fingerprint density at radius 1 is 1.29 bits per heavy atom. The van der Waals surface area contributed by atoms with Crippen LogP contribution in [0.25, 0.3) is 0 Å². The van der Waals surface area contributed by atoms with E-state index in [1.807, 2.05) is 13.1 Å². The molecule has 0 spiro atoms. The summed E-state index contributed by atoms with van der Waals surface area (Å²) in [5.41, 5.74) is 3.33. The number of halogens is 1. The molecule has 0 saturated heterocycles. The van der Waals surface area contributed by atoms with Gasteiger partial charge in [-0.05, 0) is 54.5 Å². The summed E-state index contributed by atoms with van der Waals surface area (Å²) in [7, 11) is 1.99. The molecule has 1 aliphatic carbocycles. The highest BCUT2D eigenvalue weighted by Gasteiger charge is 2.28. The molecule has 0 saturated carbocycles. The molecule has 0 aromatic heterocycles. The minimum atomic E-state index is -0.120. The van der Waals surface area contributed by atoms with Crippen molar-refractivity contribution >= 4 is 0 Å². The van der Waals surface area contributed by atoms with E-state index in [0.717, 1.165) is 24.8 Å². The molecule has 1 atom stereocenters. The number of fused-ring (bicyclic) bond motifs is 1. The fraction of sp³-hybridized carbons (Fsp3) is 0.600. The summed E-state index contributed by atoms with van der Waals surface area (Å²) >= 11 is 0. The lowest BCUT2D eigenvalue weighted by atomic mass is 9.76. The maximum absolute atomic E-state index is 14.1. The molecule has 0 bridgehead atoms. The normalized spacial score (nSPS) is 20.2. The van der Waals surface area contributed by atoms with Gasteiger partial charge in [0.25, 0.3) is 0 Å². The van der Waals surface area contributed by atoms with Crippen molar-refractivity contribution in [3.8, 4) is 0 Å². The first-order valence-electron chi connectivity index (χ1n) is 6.44. The van der Waals surface area contributed by atoms with Crippen molar-refractivity contribution in [2.75, 3.05) is 7.05 Å². The molecule has 0 fully saturated rings. The predicted molar refractivity (Wildman–Crippen MR) is 69.8 cm³/mol. The summed E-state index contributed by atoms with van der Waals surface area (Å²) < 4.78 is 14.1. The van der Waals surface area contributed by atoms with Crippen molar-refractivity contribution in [2.24, 2.45) is 0 Å². The van der Waals surface area contributed by atoms with E-state index in [1.165, 1.54) is 11.1 Å². The van der Waals surface area contributed by atoms with Crippen LogP contribution >= 0.6 is 0 Å². The molecule has 0 radical (unpaired) electrons. The zero-order valence-electron chi connectivity index (χ0n) is 11.2. The molecular formula is C15H22FN. The fourth-order valence-corrected chi connectivity index (χ4v) is 2.98. The van der Waals surface area contributed by atoms with Crippen LogP contribution in [0.2, 0.25) is 0 Å². The summed E-state index contributed by atoms with van der Waals surface area (Å²) in [4.78, 5) is 0. The van der Waals surface area contributed by atoms with E-state index in [-0.39, 0.29) is 11.2 Å². The smallest absolute Gasteiger partial charge is 0.127 e. The monoisotopic (exact) mass is 235 g/mol. The van der Waals surface area contributed by atoms with E-state index in [4.69, 9.17) is 0 Å². The number of nitrogens with one attached hydrogen (secondary N) is 1. The minimum absolute atomic E-state index is 0.0481. The first kappa shape index (κ1) is 12.6. The third-order valence-electron chi connectivity index (χ3n) is 3.69. The van der Waals surface area contributed by atoms with Gasteiger partial charge in [0.1, 0.15) is 5.82 Å². The maximum atomic E-state index is 14.1. The largest absolute Gasteiger partial charge is 0.313 e. The lowest BCUT2D eigenvalue weighted by Crippen LogP contribution is -2.26. The quantitative estimate of drug-likeness (QED) is 0.782. The van der Waals surface area contributed by atoms with Crippen LogP contribution in [-0.2, 0) is 11.8 Å². The first-order chi connectivity index (χ1) is 7.95. The second kappa shape index (κ2) is 4.41. The van der Waals surface area contributed by atoms with Crippen molar-refractivity contribution < 1.29 is 4.39 Å². The van der Waals surface area contributed by atoms with Crippen molar-refractivity contribution in [3.63, 3.8) is 0 Å². The van der Waals surface area contributed by atoms with E-state index in [0.29, 0.717) is 6.04 Å². The molecule has 0 amide bonds. The van der Waals surface area contributed by atoms with E-state index in [2.05, 4.69) is 26.1 Å². The molecule has 94 valence electrons. The molecule has 2 heteroatoms. The Hall–Kier alpha value is -0.890. The zero-order valence-corrected chi connectivity index (χ0v) is 11.2. The van der Waals surface area contributed by atoms with Crippen LogP contribution in [-0.4, -0.2) is 7.05 Å². The highest BCUT2D eigenvalue weighted by atomic mass is 19.1. The number of benzene rings is 1. The van der Waals surface area contributed by atoms with Gasteiger partial charge in [0.05, 0.1) is 0 Å². The molecule has 1 aromatic carbocycles. The minimum Gasteiger partial charge on any atom is -0.313 e. The van der Waals surface area contributed by atoms with Gasteiger partial charge in [0.2, 0.25) is 0 Å². The molecule has 1 aromatic rings. The second-order valence-corrected chi connectivity index (χ2v) is 5.97. The number of rotatable bonds is 1. The van der Waals surface area contributed by atoms with Gasteiger partial charge in [-0.15, -0.1) is 0 Å². The van der Waals surface area contributed by atoms with Crippen LogP contribution in [0.1, 0.15) is 56.3 Å². The lowest BCUT2D eigenvalue weighted by Gasteiger charge is -2.31. The molecule has 17 heavy (non-hydrogen) atoms. The fourth-order valence-electron chi connectivity index (χ4n) is 2.98. The van der Waals surface area contributed by atoms with Gasteiger partial charge in [0, 0.05) is 6.04 Å². The SMILES string of the molecule is CNC1CCCc2c1ccc(F)c2C(C)(C)C. The zero-order chi connectivity index (χ0) is 12.6. The third kappa shape index (κ3) is 2.23. The average Bonchev–Trinajstić information content (AvgIpc) is 2.25. The lowest BCUT2D eigenvalue weighted by molar-refractivity contribution is 0.467. The Morgan fingerprint density at radius 2 is 2.00 bits per heavy atom. The van der Waals surface area contributed by atoms with Gasteiger partial charge in [-0.1, -0.05) is 26.8 Å². The third-order valence-corrected chi connectivity index (χ3v) is 3.69. The average molecular weight is 235 g/mol. The molecule has 1 nitrogen and oxygen atoms in total. The summed E-state index contributed by atoms with van der Waals surface area (Å²) in [5, 5.41) is 3.34. The Labute approximate surface area is 103 Å². The molecular weight excluding hydrogens is 213 g/mol. The van der Waals surface area contributed by atoms with Crippen LogP contribution in [0.4, 0.5) is 4.39 Å². The first-order valence-corrected chi connectivity index (χ1v) is 6.44. The second-order valence-electron chi connectivity index (χ2n) is 5.97. The summed E-state index contributed by atoms with van der Waals surface area (Å²) in [6.45, 7) is 6.28. The van der Waals surface area contributed by atoms with Gasteiger partial charge in [-0.3, -0.25) is 0 Å². The Morgan fingerprint density at radius 3 is 2.59 bits per heavy atom. The van der Waals surface area contributed by atoms with Crippen molar-refractivity contribution in [2.45, 2.75) is 51.5 Å².